The Morgan fingerprint density at radius 1 is 1.16 bits per heavy atom. The van der Waals surface area contributed by atoms with Crippen molar-refractivity contribution in [2.45, 2.75) is 96.9 Å². The number of benzene rings is 1. The Hall–Kier alpha value is -2.76. The predicted molar refractivity (Wildman–Crippen MR) is 167 cm³/mol. The Balaban J connectivity index is 1.18. The highest BCUT2D eigenvalue weighted by molar-refractivity contribution is 7.09. The molecule has 3 heterocycles. The monoisotopic (exact) mass is 606 g/mol. The van der Waals surface area contributed by atoms with Crippen LogP contribution in [0, 0.1) is 30.1 Å². The molecule has 9 nitrogen and oxygen atoms in total. The van der Waals surface area contributed by atoms with Crippen molar-refractivity contribution < 1.29 is 23.7 Å². The van der Waals surface area contributed by atoms with Crippen LogP contribution >= 0.6 is 11.3 Å². The Morgan fingerprint density at radius 2 is 1.93 bits per heavy atom. The van der Waals surface area contributed by atoms with Gasteiger partial charge in [-0.1, -0.05) is 63.2 Å². The van der Waals surface area contributed by atoms with Crippen molar-refractivity contribution >= 4 is 36.0 Å². The highest BCUT2D eigenvalue weighted by Gasteiger charge is 2.68. The molecule has 1 aromatic carbocycles. The van der Waals surface area contributed by atoms with E-state index in [0.29, 0.717) is 42.0 Å². The van der Waals surface area contributed by atoms with Crippen LogP contribution < -0.4 is 10.6 Å². The zero-order valence-corrected chi connectivity index (χ0v) is 26.8. The molecule has 2 aliphatic heterocycles. The number of amides is 2. The van der Waals surface area contributed by atoms with Crippen LogP contribution in [0.15, 0.2) is 40.9 Å². The van der Waals surface area contributed by atoms with E-state index in [1.807, 2.05) is 37.3 Å². The summed E-state index contributed by atoms with van der Waals surface area (Å²) < 4.78 is 13.4. The van der Waals surface area contributed by atoms with Gasteiger partial charge in [-0.25, -0.2) is 4.98 Å². The van der Waals surface area contributed by atoms with Crippen molar-refractivity contribution in [2.75, 3.05) is 6.54 Å². The first-order valence-corrected chi connectivity index (χ1v) is 16.4. The number of carbonyl (C=O) groups is 2. The third-order valence-electron chi connectivity index (χ3n) is 10.2. The first-order valence-electron chi connectivity index (χ1n) is 15.5. The fourth-order valence-electron chi connectivity index (χ4n) is 7.72. The highest BCUT2D eigenvalue weighted by atomic mass is 32.1. The number of oxime groups is 1. The Kier molecular flexibility index (Phi) is 7.96. The third-order valence-corrected chi connectivity index (χ3v) is 11.0. The first-order chi connectivity index (χ1) is 20.4. The summed E-state index contributed by atoms with van der Waals surface area (Å²) in [5, 5.41) is 13.0. The zero-order chi connectivity index (χ0) is 30.6. The second kappa shape index (κ2) is 11.3. The summed E-state index contributed by atoms with van der Waals surface area (Å²) in [6.45, 7) is 13.2. The van der Waals surface area contributed by atoms with Crippen LogP contribution in [0.25, 0.3) is 0 Å². The van der Waals surface area contributed by atoms with Crippen LogP contribution in [0.4, 0.5) is 0 Å². The molecule has 0 spiro atoms. The molecule has 3 saturated carbocycles. The van der Waals surface area contributed by atoms with Crippen molar-refractivity contribution in [2.24, 2.45) is 28.3 Å². The van der Waals surface area contributed by atoms with Crippen LogP contribution in [-0.4, -0.2) is 59.4 Å². The van der Waals surface area contributed by atoms with E-state index in [-0.39, 0.29) is 47.8 Å². The van der Waals surface area contributed by atoms with E-state index < -0.39 is 12.7 Å². The van der Waals surface area contributed by atoms with Gasteiger partial charge < -0.3 is 24.8 Å². The molecule has 1 aromatic heterocycles. The second-order valence-corrected chi connectivity index (χ2v) is 15.1. The average molecular weight is 607 g/mol. The van der Waals surface area contributed by atoms with E-state index in [0.717, 1.165) is 17.0 Å². The SMILES string of the molecule is Cc1nc(C(=O)NCC2=NOC(Cc3ccccc3)(C(=O)N[C@@H](CC(C)C)B3O[C@@H]4C[C@@H]5C[C@@H](C5(C)C)[C@]4(C)O3)C2)cs1. The van der Waals surface area contributed by atoms with Crippen molar-refractivity contribution in [1.82, 2.24) is 15.6 Å². The van der Waals surface area contributed by atoms with Crippen LogP contribution in [0.5, 0.6) is 0 Å². The zero-order valence-electron chi connectivity index (χ0n) is 26.0. The van der Waals surface area contributed by atoms with Gasteiger partial charge in [0.15, 0.2) is 0 Å². The summed E-state index contributed by atoms with van der Waals surface area (Å²) >= 11 is 1.42. The Morgan fingerprint density at radius 3 is 2.60 bits per heavy atom. The van der Waals surface area contributed by atoms with Gasteiger partial charge in [0.1, 0.15) is 5.69 Å². The minimum absolute atomic E-state index is 0.0295. The number of rotatable bonds is 10. The van der Waals surface area contributed by atoms with E-state index in [1.54, 1.807) is 5.38 Å². The summed E-state index contributed by atoms with van der Waals surface area (Å²) in [6, 6.07) is 9.81. The Bertz CT molecular complexity index is 1400. The summed E-state index contributed by atoms with van der Waals surface area (Å²) in [7, 11) is -0.534. The van der Waals surface area contributed by atoms with Crippen LogP contribution in [0.1, 0.15) is 81.4 Å². The molecule has 7 rings (SSSR count). The number of carbonyl (C=O) groups excluding carboxylic acids is 2. The van der Waals surface area contributed by atoms with Gasteiger partial charge in [-0.15, -0.1) is 11.3 Å². The maximum atomic E-state index is 14.3. The number of aromatic nitrogens is 1. The molecule has 2 amide bonds. The number of nitrogens with zero attached hydrogens (tertiary/aromatic N) is 2. The molecule has 2 bridgehead atoms. The molecule has 1 saturated heterocycles. The largest absolute Gasteiger partial charge is 0.481 e. The lowest BCUT2D eigenvalue weighted by atomic mass is 9.43. The van der Waals surface area contributed by atoms with Gasteiger partial charge in [-0.3, -0.25) is 9.59 Å². The molecule has 2 N–H and O–H groups in total. The Labute approximate surface area is 258 Å². The van der Waals surface area contributed by atoms with Crippen LogP contribution in [-0.2, 0) is 25.4 Å². The predicted octanol–water partition coefficient (Wildman–Crippen LogP) is 4.74. The number of aryl methyl sites for hydroxylation is 1. The fraction of sp³-hybridized carbons (Fsp3) is 0.625. The average Bonchev–Trinajstić information content (AvgIpc) is 3.68. The van der Waals surface area contributed by atoms with Gasteiger partial charge in [0.25, 0.3) is 11.8 Å². The van der Waals surface area contributed by atoms with Crippen LogP contribution in [0.3, 0.4) is 0 Å². The van der Waals surface area contributed by atoms with Gasteiger partial charge in [-0.2, -0.15) is 0 Å². The number of hydrogen-bond donors (Lipinski definition) is 2. The highest BCUT2D eigenvalue weighted by Crippen LogP contribution is 2.65. The second-order valence-electron chi connectivity index (χ2n) is 14.1. The summed E-state index contributed by atoms with van der Waals surface area (Å²) in [4.78, 5) is 37.2. The minimum atomic E-state index is -1.26. The molecule has 43 heavy (non-hydrogen) atoms. The summed E-state index contributed by atoms with van der Waals surface area (Å²) in [5.41, 5.74) is 0.551. The molecular weight excluding hydrogens is 563 g/mol. The molecular formula is C32H43BN4O5S. The fourth-order valence-corrected chi connectivity index (χ4v) is 8.31. The molecule has 0 radical (unpaired) electrons. The maximum Gasteiger partial charge on any atom is 0.481 e. The molecule has 5 aliphatic rings. The molecule has 2 aromatic rings. The molecule has 11 heteroatoms. The minimum Gasteiger partial charge on any atom is -0.404 e. The smallest absolute Gasteiger partial charge is 0.404 e. The number of nitrogens with one attached hydrogen (secondary N) is 2. The van der Waals surface area contributed by atoms with E-state index in [4.69, 9.17) is 14.1 Å². The van der Waals surface area contributed by atoms with Gasteiger partial charge in [0.2, 0.25) is 5.60 Å². The van der Waals surface area contributed by atoms with Gasteiger partial charge >= 0.3 is 7.12 Å². The lowest BCUT2D eigenvalue weighted by Gasteiger charge is -2.64. The van der Waals surface area contributed by atoms with Gasteiger partial charge in [0.05, 0.1) is 34.9 Å². The van der Waals surface area contributed by atoms with E-state index in [1.165, 1.54) is 17.8 Å². The molecule has 230 valence electrons. The molecule has 3 aliphatic carbocycles. The summed E-state index contributed by atoms with van der Waals surface area (Å²) in [5.74, 6) is 0.519. The third kappa shape index (κ3) is 5.64. The number of hydrogen-bond acceptors (Lipinski definition) is 8. The topological polar surface area (TPSA) is 111 Å². The van der Waals surface area contributed by atoms with Crippen molar-refractivity contribution in [3.63, 3.8) is 0 Å². The standard InChI is InChI=1S/C32H43BN4O5S/c1-19(2)12-27(33-40-26-14-22-13-25(30(22,4)5)31(26,6)41-33)36-29(39)32(15-21-10-8-7-9-11-21)16-23(37-42-32)17-34-28(38)24-18-43-20(3)35-24/h7-11,18-19,22,25-27H,12-17H2,1-6H3,(H,34,38)(H,36,39)/t22-,25-,26+,27-,31-,32?/m0/s1. The van der Waals surface area contributed by atoms with Crippen LogP contribution in [0.2, 0.25) is 0 Å². The normalized spacial score (nSPS) is 31.1. The first kappa shape index (κ1) is 30.3. The quantitative estimate of drug-likeness (QED) is 0.378. The lowest BCUT2D eigenvalue weighted by Crippen LogP contribution is -2.65. The lowest BCUT2D eigenvalue weighted by molar-refractivity contribution is -0.199. The number of thiazole rings is 1. The molecule has 6 atom stereocenters. The maximum absolute atomic E-state index is 14.3. The molecule has 1 unspecified atom stereocenters. The summed E-state index contributed by atoms with van der Waals surface area (Å²) in [6.07, 6.45) is 3.48. The van der Waals surface area contributed by atoms with Crippen molar-refractivity contribution in [3.05, 3.63) is 52.0 Å². The van der Waals surface area contributed by atoms with Crippen molar-refractivity contribution in [3.8, 4) is 0 Å². The molecule has 4 fully saturated rings. The van der Waals surface area contributed by atoms with E-state index in [9.17, 15) is 9.59 Å². The van der Waals surface area contributed by atoms with E-state index in [2.05, 4.69) is 55.4 Å². The van der Waals surface area contributed by atoms with E-state index >= 15 is 0 Å². The van der Waals surface area contributed by atoms with Gasteiger partial charge in [0, 0.05) is 18.2 Å². The van der Waals surface area contributed by atoms with Gasteiger partial charge in [-0.05, 0) is 61.8 Å². The van der Waals surface area contributed by atoms with Crippen molar-refractivity contribution in [1.29, 1.82) is 0 Å².